The predicted molar refractivity (Wildman–Crippen MR) is 93.4 cm³/mol. The standard InChI is InChI=1S/C14H14Cl2N4O2S/c1-23-10-11(16)19-13(20-12(10)17)8-2-4-9(5-3-8)22-14(21)18-7-6-15/h2-5H,6-7H2,1H3,(H,18,21)(H2,17,19,20). The normalized spacial score (nSPS) is 10.4. The van der Waals surface area contributed by atoms with Gasteiger partial charge in [-0.1, -0.05) is 11.6 Å². The Morgan fingerprint density at radius 2 is 2.04 bits per heavy atom. The van der Waals surface area contributed by atoms with Crippen LogP contribution in [0.15, 0.2) is 29.2 Å². The number of thioether (sulfide) groups is 1. The molecule has 0 aliphatic carbocycles. The Hall–Kier alpha value is -1.70. The highest BCUT2D eigenvalue weighted by atomic mass is 35.5. The molecule has 9 heteroatoms. The number of hydrogen-bond donors (Lipinski definition) is 2. The van der Waals surface area contributed by atoms with Gasteiger partial charge in [-0.3, -0.25) is 0 Å². The number of nitrogens with two attached hydrogens (primary N) is 1. The van der Waals surface area contributed by atoms with Gasteiger partial charge < -0.3 is 15.8 Å². The van der Waals surface area contributed by atoms with Gasteiger partial charge in [-0.05, 0) is 30.5 Å². The molecule has 0 atom stereocenters. The second-order valence-corrected chi connectivity index (χ2v) is 5.84. The highest BCUT2D eigenvalue weighted by Crippen LogP contribution is 2.31. The zero-order valence-electron chi connectivity index (χ0n) is 12.2. The lowest BCUT2D eigenvalue weighted by molar-refractivity contribution is 0.201. The summed E-state index contributed by atoms with van der Waals surface area (Å²) in [5, 5.41) is 2.81. The maximum absolute atomic E-state index is 11.4. The van der Waals surface area contributed by atoms with Crippen LogP contribution < -0.4 is 15.8 Å². The Morgan fingerprint density at radius 1 is 1.35 bits per heavy atom. The monoisotopic (exact) mass is 372 g/mol. The van der Waals surface area contributed by atoms with E-state index >= 15 is 0 Å². The number of carbonyl (C=O) groups is 1. The van der Waals surface area contributed by atoms with Crippen molar-refractivity contribution >= 4 is 46.9 Å². The molecule has 23 heavy (non-hydrogen) atoms. The van der Waals surface area contributed by atoms with E-state index in [1.807, 2.05) is 6.26 Å². The second-order valence-electron chi connectivity index (χ2n) is 4.29. The molecule has 1 amide bonds. The number of rotatable bonds is 5. The molecule has 0 spiro atoms. The van der Waals surface area contributed by atoms with Crippen LogP contribution in [0.5, 0.6) is 5.75 Å². The molecule has 2 rings (SSSR count). The number of nitrogen functional groups attached to an aromatic ring is 1. The topological polar surface area (TPSA) is 90.1 Å². The lowest BCUT2D eigenvalue weighted by atomic mass is 10.2. The van der Waals surface area contributed by atoms with Crippen LogP contribution in [0.4, 0.5) is 10.6 Å². The highest BCUT2D eigenvalue weighted by molar-refractivity contribution is 7.98. The number of benzene rings is 1. The third-order valence-electron chi connectivity index (χ3n) is 2.74. The average molecular weight is 373 g/mol. The van der Waals surface area contributed by atoms with E-state index in [1.54, 1.807) is 24.3 Å². The van der Waals surface area contributed by atoms with Gasteiger partial charge in [0.1, 0.15) is 16.7 Å². The summed E-state index contributed by atoms with van der Waals surface area (Å²) < 4.78 is 5.09. The van der Waals surface area contributed by atoms with Crippen molar-refractivity contribution in [2.24, 2.45) is 0 Å². The van der Waals surface area contributed by atoms with Crippen molar-refractivity contribution in [3.63, 3.8) is 0 Å². The van der Waals surface area contributed by atoms with Gasteiger partial charge in [0.25, 0.3) is 0 Å². The molecule has 0 unspecified atom stereocenters. The summed E-state index contributed by atoms with van der Waals surface area (Å²) >= 11 is 13.0. The molecule has 3 N–H and O–H groups in total. The minimum absolute atomic E-state index is 0.306. The van der Waals surface area contributed by atoms with Gasteiger partial charge in [0.2, 0.25) is 0 Å². The molecule has 1 aromatic heterocycles. The molecule has 0 fully saturated rings. The quantitative estimate of drug-likeness (QED) is 0.474. The summed E-state index contributed by atoms with van der Waals surface area (Å²) in [5.41, 5.74) is 6.58. The van der Waals surface area contributed by atoms with E-state index in [9.17, 15) is 4.79 Å². The van der Waals surface area contributed by atoms with Crippen molar-refractivity contribution in [3.8, 4) is 17.1 Å². The van der Waals surface area contributed by atoms with E-state index in [0.717, 1.165) is 0 Å². The van der Waals surface area contributed by atoms with Gasteiger partial charge in [-0.25, -0.2) is 14.8 Å². The van der Waals surface area contributed by atoms with Crippen molar-refractivity contribution in [2.45, 2.75) is 4.90 Å². The van der Waals surface area contributed by atoms with Crippen LogP contribution in [0.1, 0.15) is 0 Å². The lowest BCUT2D eigenvalue weighted by Crippen LogP contribution is -2.28. The van der Waals surface area contributed by atoms with E-state index in [1.165, 1.54) is 11.8 Å². The smallest absolute Gasteiger partial charge is 0.410 e. The fourth-order valence-corrected chi connectivity index (χ4v) is 2.69. The molecule has 6 nitrogen and oxygen atoms in total. The van der Waals surface area contributed by atoms with Gasteiger partial charge in [-0.2, -0.15) is 0 Å². The summed E-state index contributed by atoms with van der Waals surface area (Å²) in [7, 11) is 0. The molecule has 0 radical (unpaired) electrons. The van der Waals surface area contributed by atoms with Crippen LogP contribution in [-0.2, 0) is 0 Å². The summed E-state index contributed by atoms with van der Waals surface area (Å²) in [6, 6.07) is 6.69. The van der Waals surface area contributed by atoms with Gasteiger partial charge in [-0.15, -0.1) is 23.4 Å². The molecule has 122 valence electrons. The van der Waals surface area contributed by atoms with Crippen LogP contribution in [0, 0.1) is 0 Å². The third kappa shape index (κ3) is 4.63. The number of anilines is 1. The lowest BCUT2D eigenvalue weighted by Gasteiger charge is -2.08. The summed E-state index contributed by atoms with van der Waals surface area (Å²) in [6.07, 6.45) is 1.29. The Balaban J connectivity index is 2.15. The second kappa shape index (κ2) is 8.24. The SMILES string of the molecule is CSc1c(N)nc(-c2ccc(OC(=O)NCCCl)cc2)nc1Cl. The first kappa shape index (κ1) is 17.7. The summed E-state index contributed by atoms with van der Waals surface area (Å²) in [4.78, 5) is 20.5. The Morgan fingerprint density at radius 3 is 2.61 bits per heavy atom. The third-order valence-corrected chi connectivity index (χ3v) is 4.13. The Labute approximate surface area is 147 Å². The first-order valence-corrected chi connectivity index (χ1v) is 8.68. The van der Waals surface area contributed by atoms with E-state index in [0.29, 0.717) is 45.4 Å². The summed E-state index contributed by atoms with van der Waals surface area (Å²) in [5.74, 6) is 1.44. The fraction of sp³-hybridized carbons (Fsp3) is 0.214. The molecule has 1 heterocycles. The fourth-order valence-electron chi connectivity index (χ4n) is 1.72. The molecular weight excluding hydrogens is 359 g/mol. The number of hydrogen-bond acceptors (Lipinski definition) is 6. The van der Waals surface area contributed by atoms with E-state index < -0.39 is 6.09 Å². The maximum Gasteiger partial charge on any atom is 0.412 e. The van der Waals surface area contributed by atoms with Crippen molar-refractivity contribution in [1.29, 1.82) is 0 Å². The number of nitrogens with one attached hydrogen (secondary N) is 1. The highest BCUT2D eigenvalue weighted by Gasteiger charge is 2.12. The van der Waals surface area contributed by atoms with Crippen LogP contribution >= 0.6 is 35.0 Å². The molecule has 0 saturated heterocycles. The molecule has 0 bridgehead atoms. The zero-order chi connectivity index (χ0) is 16.8. The number of nitrogens with zero attached hydrogens (tertiary/aromatic N) is 2. The number of alkyl halides is 1. The number of amides is 1. The van der Waals surface area contributed by atoms with E-state index in [-0.39, 0.29) is 0 Å². The van der Waals surface area contributed by atoms with Gasteiger partial charge in [0.05, 0.1) is 4.90 Å². The van der Waals surface area contributed by atoms with Crippen LogP contribution in [0.2, 0.25) is 5.15 Å². The molecule has 0 aliphatic heterocycles. The molecular formula is C14H14Cl2N4O2S. The number of carbonyl (C=O) groups excluding carboxylic acids is 1. The molecule has 1 aromatic carbocycles. The first-order chi connectivity index (χ1) is 11.0. The largest absolute Gasteiger partial charge is 0.412 e. The van der Waals surface area contributed by atoms with Crippen molar-refractivity contribution in [1.82, 2.24) is 15.3 Å². The van der Waals surface area contributed by atoms with E-state index in [4.69, 9.17) is 33.7 Å². The minimum Gasteiger partial charge on any atom is -0.410 e. The summed E-state index contributed by atoms with van der Waals surface area (Å²) in [6.45, 7) is 0.339. The van der Waals surface area contributed by atoms with Gasteiger partial charge in [0.15, 0.2) is 5.82 Å². The zero-order valence-corrected chi connectivity index (χ0v) is 14.5. The molecule has 0 aliphatic rings. The number of ether oxygens (including phenoxy) is 1. The van der Waals surface area contributed by atoms with Gasteiger partial charge >= 0.3 is 6.09 Å². The Bertz CT molecular complexity index is 675. The molecule has 2 aromatic rings. The van der Waals surface area contributed by atoms with Crippen molar-refractivity contribution in [2.75, 3.05) is 24.4 Å². The average Bonchev–Trinajstić information content (AvgIpc) is 2.53. The van der Waals surface area contributed by atoms with Crippen LogP contribution in [0.3, 0.4) is 0 Å². The maximum atomic E-state index is 11.4. The number of halogens is 2. The first-order valence-electron chi connectivity index (χ1n) is 6.54. The van der Waals surface area contributed by atoms with Gasteiger partial charge in [0, 0.05) is 18.0 Å². The number of aromatic nitrogens is 2. The molecule has 0 saturated carbocycles. The predicted octanol–water partition coefficient (Wildman–Crippen LogP) is 3.43. The van der Waals surface area contributed by atoms with Crippen molar-refractivity contribution < 1.29 is 9.53 Å². The minimum atomic E-state index is -0.564. The van der Waals surface area contributed by atoms with Crippen molar-refractivity contribution in [3.05, 3.63) is 29.4 Å². The van der Waals surface area contributed by atoms with Crippen LogP contribution in [-0.4, -0.2) is 34.7 Å². The van der Waals surface area contributed by atoms with Crippen LogP contribution in [0.25, 0.3) is 11.4 Å². The van der Waals surface area contributed by atoms with E-state index in [2.05, 4.69) is 15.3 Å². The Kier molecular flexibility index (Phi) is 6.32.